The number of hydrogen-bond acceptors (Lipinski definition) is 3. The third-order valence-corrected chi connectivity index (χ3v) is 2.10. The van der Waals surface area contributed by atoms with Gasteiger partial charge in [0, 0.05) is 0 Å². The first kappa shape index (κ1) is 12.0. The second kappa shape index (κ2) is 7.26. The Morgan fingerprint density at radius 3 is 3.00 bits per heavy atom. The van der Waals surface area contributed by atoms with E-state index in [1.165, 1.54) is 0 Å². The fourth-order valence-electron chi connectivity index (χ4n) is 1.30. The Balaban J connectivity index is 2.24. The van der Waals surface area contributed by atoms with Gasteiger partial charge in [0.15, 0.2) is 0 Å². The van der Waals surface area contributed by atoms with E-state index in [4.69, 9.17) is 9.84 Å². The van der Waals surface area contributed by atoms with Crippen molar-refractivity contribution in [2.24, 2.45) is 0 Å². The summed E-state index contributed by atoms with van der Waals surface area (Å²) in [6, 6.07) is 7.55. The summed E-state index contributed by atoms with van der Waals surface area (Å²) in [6.45, 7) is 4.85. The molecule has 0 saturated carbocycles. The predicted octanol–water partition coefficient (Wildman–Crippen LogP) is 1.56. The van der Waals surface area contributed by atoms with Gasteiger partial charge >= 0.3 is 0 Å². The van der Waals surface area contributed by atoms with Crippen molar-refractivity contribution >= 4 is 0 Å². The van der Waals surface area contributed by atoms with Crippen molar-refractivity contribution in [3.8, 4) is 5.75 Å². The third kappa shape index (κ3) is 4.81. The Labute approximate surface area is 91.1 Å². The molecule has 3 heteroatoms. The van der Waals surface area contributed by atoms with Gasteiger partial charge in [-0.2, -0.15) is 0 Å². The molecule has 1 aromatic rings. The van der Waals surface area contributed by atoms with Gasteiger partial charge in [-0.05, 0) is 37.2 Å². The molecule has 0 aromatic heterocycles. The normalized spacial score (nSPS) is 10.3. The van der Waals surface area contributed by atoms with E-state index in [0.29, 0.717) is 6.61 Å². The van der Waals surface area contributed by atoms with Gasteiger partial charge < -0.3 is 15.2 Å². The number of aliphatic hydroxyl groups is 1. The molecule has 0 atom stereocenters. The number of ether oxygens (including phenoxy) is 1. The van der Waals surface area contributed by atoms with Crippen molar-refractivity contribution in [2.45, 2.75) is 20.0 Å². The molecule has 0 aliphatic heterocycles. The molecule has 0 fully saturated rings. The zero-order valence-corrected chi connectivity index (χ0v) is 9.20. The molecule has 1 rings (SSSR count). The first-order valence-electron chi connectivity index (χ1n) is 5.40. The molecule has 0 spiro atoms. The minimum Gasteiger partial charge on any atom is -0.494 e. The van der Waals surface area contributed by atoms with E-state index in [2.05, 4.69) is 12.2 Å². The number of rotatable bonds is 7. The van der Waals surface area contributed by atoms with Gasteiger partial charge in [0.2, 0.25) is 0 Å². The molecule has 0 unspecified atom stereocenters. The van der Waals surface area contributed by atoms with Crippen LogP contribution in [0.5, 0.6) is 5.75 Å². The van der Waals surface area contributed by atoms with Crippen molar-refractivity contribution in [3.05, 3.63) is 29.8 Å². The molecule has 0 aliphatic carbocycles. The molecule has 0 aliphatic rings. The number of aliphatic hydroxyl groups excluding tert-OH is 1. The van der Waals surface area contributed by atoms with Crippen LogP contribution in [0.1, 0.15) is 18.9 Å². The van der Waals surface area contributed by atoms with Gasteiger partial charge in [0.25, 0.3) is 0 Å². The van der Waals surface area contributed by atoms with Crippen LogP contribution < -0.4 is 10.1 Å². The van der Waals surface area contributed by atoms with Crippen LogP contribution >= 0.6 is 0 Å². The number of benzene rings is 1. The fraction of sp³-hybridized carbons (Fsp3) is 0.500. The van der Waals surface area contributed by atoms with Crippen molar-refractivity contribution in [2.75, 3.05) is 19.7 Å². The topological polar surface area (TPSA) is 41.5 Å². The molecule has 3 nitrogen and oxygen atoms in total. The summed E-state index contributed by atoms with van der Waals surface area (Å²) in [4.78, 5) is 0. The molecule has 1 aromatic carbocycles. The van der Waals surface area contributed by atoms with E-state index in [1.807, 2.05) is 24.3 Å². The van der Waals surface area contributed by atoms with Crippen LogP contribution in [-0.4, -0.2) is 24.8 Å². The third-order valence-electron chi connectivity index (χ3n) is 2.10. The molecule has 0 amide bonds. The Hall–Kier alpha value is -1.06. The minimum atomic E-state index is 0.0641. The van der Waals surface area contributed by atoms with Gasteiger partial charge in [-0.15, -0.1) is 0 Å². The lowest BCUT2D eigenvalue weighted by Gasteiger charge is -2.07. The largest absolute Gasteiger partial charge is 0.494 e. The zero-order valence-electron chi connectivity index (χ0n) is 9.20. The maximum Gasteiger partial charge on any atom is 0.119 e. The second-order valence-electron chi connectivity index (χ2n) is 3.36. The summed E-state index contributed by atoms with van der Waals surface area (Å²) >= 11 is 0. The molecule has 15 heavy (non-hydrogen) atoms. The van der Waals surface area contributed by atoms with E-state index < -0.39 is 0 Å². The quantitative estimate of drug-likeness (QED) is 0.670. The van der Waals surface area contributed by atoms with Crippen molar-refractivity contribution in [1.82, 2.24) is 5.32 Å². The van der Waals surface area contributed by atoms with E-state index in [9.17, 15) is 0 Å². The first-order chi connectivity index (χ1) is 7.36. The zero-order chi connectivity index (χ0) is 10.9. The lowest BCUT2D eigenvalue weighted by atomic mass is 10.2. The smallest absolute Gasteiger partial charge is 0.119 e. The van der Waals surface area contributed by atoms with Crippen LogP contribution in [0.4, 0.5) is 0 Å². The molecular formula is C12H19NO2. The maximum atomic E-state index is 8.94. The van der Waals surface area contributed by atoms with Gasteiger partial charge in [-0.1, -0.05) is 19.1 Å². The number of hydrogen-bond donors (Lipinski definition) is 2. The summed E-state index contributed by atoms with van der Waals surface area (Å²) < 4.78 is 5.54. The minimum absolute atomic E-state index is 0.0641. The SMILES string of the molecule is CCNCCCOc1cccc(CO)c1. The Bertz CT molecular complexity index is 276. The molecule has 0 bridgehead atoms. The fourth-order valence-corrected chi connectivity index (χ4v) is 1.30. The molecular weight excluding hydrogens is 190 g/mol. The van der Waals surface area contributed by atoms with Gasteiger partial charge in [0.05, 0.1) is 13.2 Å². The Morgan fingerprint density at radius 2 is 2.27 bits per heavy atom. The van der Waals surface area contributed by atoms with Crippen LogP contribution in [0.25, 0.3) is 0 Å². The summed E-state index contributed by atoms with van der Waals surface area (Å²) in [5.74, 6) is 0.832. The van der Waals surface area contributed by atoms with Crippen molar-refractivity contribution in [1.29, 1.82) is 0 Å². The average Bonchev–Trinajstić information content (AvgIpc) is 2.29. The van der Waals surface area contributed by atoms with Gasteiger partial charge in [-0.25, -0.2) is 0 Å². The molecule has 0 radical (unpaired) electrons. The molecule has 2 N–H and O–H groups in total. The highest BCUT2D eigenvalue weighted by atomic mass is 16.5. The molecule has 84 valence electrons. The number of nitrogens with one attached hydrogen (secondary N) is 1. The summed E-state index contributed by atoms with van der Waals surface area (Å²) in [6.07, 6.45) is 0.997. The van der Waals surface area contributed by atoms with E-state index in [0.717, 1.165) is 30.8 Å². The van der Waals surface area contributed by atoms with Gasteiger partial charge in [0.1, 0.15) is 5.75 Å². The lowest BCUT2D eigenvalue weighted by molar-refractivity contribution is 0.278. The van der Waals surface area contributed by atoms with E-state index >= 15 is 0 Å². The maximum absolute atomic E-state index is 8.94. The van der Waals surface area contributed by atoms with Crippen molar-refractivity contribution < 1.29 is 9.84 Å². The van der Waals surface area contributed by atoms with Crippen LogP contribution in [0.2, 0.25) is 0 Å². The van der Waals surface area contributed by atoms with E-state index in [-0.39, 0.29) is 6.61 Å². The Kier molecular flexibility index (Phi) is 5.81. The van der Waals surface area contributed by atoms with E-state index in [1.54, 1.807) is 0 Å². The van der Waals surface area contributed by atoms with Crippen LogP contribution in [0.15, 0.2) is 24.3 Å². The second-order valence-corrected chi connectivity index (χ2v) is 3.36. The highest BCUT2D eigenvalue weighted by Gasteiger charge is 1.95. The first-order valence-corrected chi connectivity index (χ1v) is 5.40. The molecule has 0 saturated heterocycles. The van der Waals surface area contributed by atoms with Crippen LogP contribution in [0, 0.1) is 0 Å². The lowest BCUT2D eigenvalue weighted by Crippen LogP contribution is -2.16. The van der Waals surface area contributed by atoms with Crippen molar-refractivity contribution in [3.63, 3.8) is 0 Å². The van der Waals surface area contributed by atoms with Crippen LogP contribution in [0.3, 0.4) is 0 Å². The predicted molar refractivity (Wildman–Crippen MR) is 61.0 cm³/mol. The summed E-state index contributed by atoms with van der Waals surface area (Å²) in [5.41, 5.74) is 0.888. The van der Waals surface area contributed by atoms with Gasteiger partial charge in [-0.3, -0.25) is 0 Å². The standard InChI is InChI=1S/C12H19NO2/c1-2-13-7-4-8-15-12-6-3-5-11(9-12)10-14/h3,5-6,9,13-14H,2,4,7-8,10H2,1H3. The average molecular weight is 209 g/mol. The monoisotopic (exact) mass is 209 g/mol. The highest BCUT2D eigenvalue weighted by Crippen LogP contribution is 2.13. The Morgan fingerprint density at radius 1 is 1.40 bits per heavy atom. The van der Waals surface area contributed by atoms with Crippen LogP contribution in [-0.2, 0) is 6.61 Å². The highest BCUT2D eigenvalue weighted by molar-refractivity contribution is 5.27. The summed E-state index contributed by atoms with van der Waals surface area (Å²) in [5, 5.41) is 12.2. The summed E-state index contributed by atoms with van der Waals surface area (Å²) in [7, 11) is 0. The molecule has 0 heterocycles.